The molecule has 0 aliphatic heterocycles. The Bertz CT molecular complexity index is 1050. The first-order chi connectivity index (χ1) is 13.2. The molecule has 1 amide bonds. The first kappa shape index (κ1) is 16.7. The van der Waals surface area contributed by atoms with E-state index in [1.54, 1.807) is 17.2 Å². The molecule has 0 fully saturated rings. The van der Waals surface area contributed by atoms with Gasteiger partial charge < -0.3 is 10.3 Å². The molecule has 0 radical (unpaired) electrons. The van der Waals surface area contributed by atoms with Crippen LogP contribution in [0.3, 0.4) is 0 Å². The summed E-state index contributed by atoms with van der Waals surface area (Å²) in [7, 11) is 0. The van der Waals surface area contributed by atoms with Gasteiger partial charge in [-0.15, -0.1) is 5.10 Å². The summed E-state index contributed by atoms with van der Waals surface area (Å²) in [5.74, 6) is -0.148. The summed E-state index contributed by atoms with van der Waals surface area (Å²) in [5.41, 5.74) is 4.77. The highest BCUT2D eigenvalue weighted by Gasteiger charge is 2.13. The number of benzene rings is 2. The largest absolute Gasteiger partial charge is 0.347 e. The number of hydrogen-bond donors (Lipinski definition) is 2. The highest BCUT2D eigenvalue weighted by atomic mass is 16.1. The fraction of sp³-hybridized carbons (Fsp3) is 0.100. The van der Waals surface area contributed by atoms with Crippen LogP contribution in [0, 0.1) is 6.92 Å². The summed E-state index contributed by atoms with van der Waals surface area (Å²) in [5, 5.41) is 11.3. The van der Waals surface area contributed by atoms with E-state index in [9.17, 15) is 4.79 Å². The summed E-state index contributed by atoms with van der Waals surface area (Å²) in [6.07, 6.45) is 5.23. The first-order valence-corrected chi connectivity index (χ1v) is 8.54. The number of para-hydroxylation sites is 1. The van der Waals surface area contributed by atoms with Crippen molar-refractivity contribution in [2.45, 2.75) is 13.5 Å². The van der Waals surface area contributed by atoms with Gasteiger partial charge in [-0.25, -0.2) is 9.67 Å². The van der Waals surface area contributed by atoms with Crippen LogP contribution in [0.4, 0.5) is 5.69 Å². The number of H-pyrrole nitrogens is 1. The Morgan fingerprint density at radius 1 is 1.19 bits per heavy atom. The normalized spacial score (nSPS) is 10.7. The molecule has 2 N–H and O–H groups in total. The lowest BCUT2D eigenvalue weighted by molar-refractivity contribution is 0.102. The molecule has 4 aromatic rings. The Morgan fingerprint density at radius 3 is 2.81 bits per heavy atom. The van der Waals surface area contributed by atoms with E-state index in [2.05, 4.69) is 25.6 Å². The molecule has 0 bridgehead atoms. The van der Waals surface area contributed by atoms with Gasteiger partial charge in [0.25, 0.3) is 5.91 Å². The summed E-state index contributed by atoms with van der Waals surface area (Å²) < 4.78 is 1.73. The maximum Gasteiger partial charge on any atom is 0.255 e. The second-order valence-corrected chi connectivity index (χ2v) is 6.23. The van der Waals surface area contributed by atoms with Crippen LogP contribution in [0.5, 0.6) is 0 Å². The van der Waals surface area contributed by atoms with Gasteiger partial charge in [0.1, 0.15) is 5.69 Å². The van der Waals surface area contributed by atoms with Crippen LogP contribution in [0.2, 0.25) is 0 Å². The summed E-state index contributed by atoms with van der Waals surface area (Å²) in [6.45, 7) is 2.47. The molecule has 0 unspecified atom stereocenters. The zero-order valence-corrected chi connectivity index (χ0v) is 14.8. The number of hydrogen-bond acceptors (Lipinski definition) is 4. The molecule has 27 heavy (non-hydrogen) atoms. The van der Waals surface area contributed by atoms with E-state index >= 15 is 0 Å². The SMILES string of the molecule is Cc1ccc(-c2cn(Cc3cnc[nH]3)nn2)cc1C(=O)Nc1ccccc1. The predicted molar refractivity (Wildman–Crippen MR) is 102 cm³/mol. The Kier molecular flexibility index (Phi) is 4.49. The van der Waals surface area contributed by atoms with E-state index in [-0.39, 0.29) is 5.91 Å². The average Bonchev–Trinajstić information content (AvgIpc) is 3.35. The van der Waals surface area contributed by atoms with Crippen molar-refractivity contribution in [2.24, 2.45) is 0 Å². The van der Waals surface area contributed by atoms with Gasteiger partial charge in [0, 0.05) is 23.0 Å². The van der Waals surface area contributed by atoms with Crippen LogP contribution in [-0.2, 0) is 6.54 Å². The molecule has 2 aromatic carbocycles. The number of aromatic amines is 1. The molecular weight excluding hydrogens is 340 g/mol. The third-order valence-electron chi connectivity index (χ3n) is 4.24. The van der Waals surface area contributed by atoms with Crippen molar-refractivity contribution in [3.05, 3.63) is 84.1 Å². The summed E-state index contributed by atoms with van der Waals surface area (Å²) in [4.78, 5) is 19.7. The monoisotopic (exact) mass is 358 g/mol. The molecule has 134 valence electrons. The van der Waals surface area contributed by atoms with Gasteiger partial charge in [0.2, 0.25) is 0 Å². The van der Waals surface area contributed by atoms with Crippen molar-refractivity contribution in [1.82, 2.24) is 25.0 Å². The number of carbonyl (C=O) groups is 1. The third kappa shape index (κ3) is 3.77. The van der Waals surface area contributed by atoms with Crippen molar-refractivity contribution in [1.29, 1.82) is 0 Å². The Labute approximate surface area is 156 Å². The van der Waals surface area contributed by atoms with Gasteiger partial charge in [-0.1, -0.05) is 35.5 Å². The highest BCUT2D eigenvalue weighted by molar-refractivity contribution is 6.05. The van der Waals surface area contributed by atoms with Crippen molar-refractivity contribution >= 4 is 11.6 Å². The van der Waals surface area contributed by atoms with Gasteiger partial charge in [0.05, 0.1) is 24.8 Å². The molecule has 2 aromatic heterocycles. The Hall–Kier alpha value is -3.74. The number of rotatable bonds is 5. The maximum absolute atomic E-state index is 12.7. The molecular formula is C20H18N6O. The zero-order valence-electron chi connectivity index (χ0n) is 14.8. The minimum atomic E-state index is -0.148. The average molecular weight is 358 g/mol. The molecule has 0 aliphatic carbocycles. The van der Waals surface area contributed by atoms with Crippen LogP contribution in [0.15, 0.2) is 67.3 Å². The van der Waals surface area contributed by atoms with Crippen molar-refractivity contribution in [3.8, 4) is 11.3 Å². The van der Waals surface area contributed by atoms with Crippen molar-refractivity contribution in [2.75, 3.05) is 5.32 Å². The third-order valence-corrected chi connectivity index (χ3v) is 4.24. The molecule has 0 atom stereocenters. The second kappa shape index (κ2) is 7.25. The lowest BCUT2D eigenvalue weighted by Crippen LogP contribution is -2.13. The molecule has 0 saturated heterocycles. The molecule has 4 rings (SSSR count). The number of anilines is 1. The van der Waals surface area contributed by atoms with Crippen LogP contribution in [-0.4, -0.2) is 30.9 Å². The fourth-order valence-corrected chi connectivity index (χ4v) is 2.80. The fourth-order valence-electron chi connectivity index (χ4n) is 2.80. The van der Waals surface area contributed by atoms with Gasteiger partial charge in [-0.3, -0.25) is 4.79 Å². The van der Waals surface area contributed by atoms with Crippen LogP contribution >= 0.6 is 0 Å². The van der Waals surface area contributed by atoms with E-state index in [1.807, 2.05) is 61.7 Å². The topological polar surface area (TPSA) is 88.5 Å². The standard InChI is InChI=1S/C20H18N6O/c1-14-7-8-15(9-18(14)20(27)23-16-5-3-2-4-6-16)19-12-26(25-24-19)11-17-10-21-13-22-17/h2-10,12-13H,11H2,1H3,(H,21,22)(H,23,27). The van der Waals surface area contributed by atoms with E-state index in [0.29, 0.717) is 17.8 Å². The molecule has 0 spiro atoms. The molecule has 0 saturated carbocycles. The number of imidazole rings is 1. The van der Waals surface area contributed by atoms with Gasteiger partial charge >= 0.3 is 0 Å². The molecule has 2 heterocycles. The van der Waals surface area contributed by atoms with E-state index in [0.717, 1.165) is 22.5 Å². The number of nitrogens with zero attached hydrogens (tertiary/aromatic N) is 4. The minimum absolute atomic E-state index is 0.148. The van der Waals surface area contributed by atoms with E-state index < -0.39 is 0 Å². The van der Waals surface area contributed by atoms with Gasteiger partial charge in [-0.2, -0.15) is 0 Å². The number of amides is 1. The van der Waals surface area contributed by atoms with E-state index in [1.165, 1.54) is 0 Å². The quantitative estimate of drug-likeness (QED) is 0.573. The van der Waals surface area contributed by atoms with Crippen LogP contribution in [0.1, 0.15) is 21.6 Å². The summed E-state index contributed by atoms with van der Waals surface area (Å²) >= 11 is 0. The van der Waals surface area contributed by atoms with Gasteiger partial charge in [0.15, 0.2) is 0 Å². The lowest BCUT2D eigenvalue weighted by atomic mass is 10.0. The van der Waals surface area contributed by atoms with Crippen LogP contribution < -0.4 is 5.32 Å². The van der Waals surface area contributed by atoms with Crippen molar-refractivity contribution in [3.63, 3.8) is 0 Å². The van der Waals surface area contributed by atoms with E-state index in [4.69, 9.17) is 0 Å². The number of carbonyl (C=O) groups excluding carboxylic acids is 1. The smallest absolute Gasteiger partial charge is 0.255 e. The minimum Gasteiger partial charge on any atom is -0.347 e. The Morgan fingerprint density at radius 2 is 2.04 bits per heavy atom. The predicted octanol–water partition coefficient (Wildman–Crippen LogP) is 3.28. The Balaban J connectivity index is 1.57. The first-order valence-electron chi connectivity index (χ1n) is 8.54. The molecule has 7 nitrogen and oxygen atoms in total. The summed E-state index contributed by atoms with van der Waals surface area (Å²) in [6, 6.07) is 15.1. The van der Waals surface area contributed by atoms with Crippen LogP contribution in [0.25, 0.3) is 11.3 Å². The second-order valence-electron chi connectivity index (χ2n) is 6.23. The maximum atomic E-state index is 12.7. The number of aromatic nitrogens is 5. The molecule has 7 heteroatoms. The number of nitrogens with one attached hydrogen (secondary N) is 2. The zero-order chi connectivity index (χ0) is 18.6. The lowest BCUT2D eigenvalue weighted by Gasteiger charge is -2.09. The highest BCUT2D eigenvalue weighted by Crippen LogP contribution is 2.21. The molecule has 0 aliphatic rings. The van der Waals surface area contributed by atoms with Crippen molar-refractivity contribution < 1.29 is 4.79 Å². The van der Waals surface area contributed by atoms with Gasteiger partial charge in [-0.05, 0) is 30.7 Å². The number of aryl methyl sites for hydroxylation is 1.